The Kier molecular flexibility index (Phi) is 4.80. The van der Waals surface area contributed by atoms with E-state index in [1.54, 1.807) is 16.9 Å². The van der Waals surface area contributed by atoms with E-state index in [1.165, 1.54) is 0 Å². The molecule has 0 radical (unpaired) electrons. The molecule has 0 bridgehead atoms. The molecule has 1 aliphatic heterocycles. The third-order valence-electron chi connectivity index (χ3n) is 4.61. The number of carbonyl (C=O) groups excluding carboxylic acids is 1. The number of anilines is 1. The number of carbonyl (C=O) groups is 1. The fraction of sp³-hybridized carbons (Fsp3) is 0.412. The highest BCUT2D eigenvalue weighted by Crippen LogP contribution is 2.22. The lowest BCUT2D eigenvalue weighted by atomic mass is 10.1. The summed E-state index contributed by atoms with van der Waals surface area (Å²) in [6.45, 7) is 3.18. The first-order chi connectivity index (χ1) is 11.9. The Morgan fingerprint density at radius 1 is 1.24 bits per heavy atom. The molecule has 0 atom stereocenters. The van der Waals surface area contributed by atoms with Gasteiger partial charge < -0.3 is 10.2 Å². The van der Waals surface area contributed by atoms with Crippen molar-refractivity contribution < 1.29 is 13.2 Å². The number of aromatic nitrogens is 2. The number of para-hydroxylation sites is 1. The van der Waals surface area contributed by atoms with Crippen molar-refractivity contribution >= 4 is 21.4 Å². The summed E-state index contributed by atoms with van der Waals surface area (Å²) < 4.78 is 25.0. The van der Waals surface area contributed by atoms with Crippen LogP contribution >= 0.6 is 0 Å². The van der Waals surface area contributed by atoms with Crippen LogP contribution in [0.15, 0.2) is 30.5 Å². The summed E-state index contributed by atoms with van der Waals surface area (Å²) in [7, 11) is -1.10. The molecule has 1 aromatic heterocycles. The molecule has 134 valence electrons. The zero-order valence-electron chi connectivity index (χ0n) is 14.4. The van der Waals surface area contributed by atoms with Crippen LogP contribution in [0.3, 0.4) is 0 Å². The maximum absolute atomic E-state index is 12.6. The van der Waals surface area contributed by atoms with Gasteiger partial charge in [0.1, 0.15) is 0 Å². The molecule has 0 aliphatic carbocycles. The molecule has 3 rings (SSSR count). The van der Waals surface area contributed by atoms with Crippen LogP contribution in [0.5, 0.6) is 0 Å². The predicted octanol–water partition coefficient (Wildman–Crippen LogP) is 0.893. The van der Waals surface area contributed by atoms with Crippen molar-refractivity contribution in [2.24, 2.45) is 7.05 Å². The molecule has 25 heavy (non-hydrogen) atoms. The summed E-state index contributed by atoms with van der Waals surface area (Å²) in [5.41, 5.74) is 3.31. The second kappa shape index (κ2) is 6.87. The average molecular weight is 362 g/mol. The summed E-state index contributed by atoms with van der Waals surface area (Å²) in [4.78, 5) is 14.6. The number of hydrogen-bond acceptors (Lipinski definition) is 5. The fourth-order valence-corrected chi connectivity index (χ4v) is 4.08. The lowest BCUT2D eigenvalue weighted by molar-refractivity contribution is 0.0951. The Morgan fingerprint density at radius 2 is 1.92 bits per heavy atom. The lowest BCUT2D eigenvalue weighted by Crippen LogP contribution is -2.41. The first kappa shape index (κ1) is 17.5. The molecule has 1 amide bonds. The van der Waals surface area contributed by atoms with E-state index in [-0.39, 0.29) is 17.4 Å². The van der Waals surface area contributed by atoms with Gasteiger partial charge in [-0.2, -0.15) is 5.10 Å². The third kappa shape index (κ3) is 3.84. The Hall–Kier alpha value is -2.35. The zero-order chi connectivity index (χ0) is 18.0. The minimum atomic E-state index is -2.96. The summed E-state index contributed by atoms with van der Waals surface area (Å²) in [5.74, 6) is 0.0719. The van der Waals surface area contributed by atoms with Gasteiger partial charge in [0, 0.05) is 43.6 Å². The van der Waals surface area contributed by atoms with Gasteiger partial charge in [-0.25, -0.2) is 8.42 Å². The van der Waals surface area contributed by atoms with E-state index >= 15 is 0 Å². The minimum Gasteiger partial charge on any atom is -0.369 e. The Morgan fingerprint density at radius 3 is 2.56 bits per heavy atom. The van der Waals surface area contributed by atoms with Gasteiger partial charge in [-0.15, -0.1) is 0 Å². The number of aryl methyl sites for hydroxylation is 1. The number of nitrogens with zero attached hydrogens (tertiary/aromatic N) is 3. The summed E-state index contributed by atoms with van der Waals surface area (Å²) in [6, 6.07) is 7.31. The molecule has 7 nitrogen and oxygen atoms in total. The second-order valence-electron chi connectivity index (χ2n) is 6.22. The van der Waals surface area contributed by atoms with Crippen molar-refractivity contribution in [2.75, 3.05) is 29.5 Å². The second-order valence-corrected chi connectivity index (χ2v) is 8.52. The van der Waals surface area contributed by atoms with E-state index in [4.69, 9.17) is 0 Å². The zero-order valence-corrected chi connectivity index (χ0v) is 15.2. The number of benzene rings is 1. The normalized spacial score (nSPS) is 16.6. The van der Waals surface area contributed by atoms with E-state index in [2.05, 4.69) is 10.4 Å². The molecule has 0 saturated carbocycles. The maximum Gasteiger partial charge on any atom is 0.253 e. The van der Waals surface area contributed by atoms with Crippen LogP contribution in [-0.2, 0) is 23.4 Å². The first-order valence-corrected chi connectivity index (χ1v) is 9.99. The van der Waals surface area contributed by atoms with Crippen LogP contribution in [0, 0.1) is 6.92 Å². The van der Waals surface area contributed by atoms with Gasteiger partial charge in [-0.1, -0.05) is 12.1 Å². The SMILES string of the molecule is Cc1c(CNC(=O)c2ccccc2N2CCS(=O)(=O)CC2)cnn1C. The standard InChI is InChI=1S/C17H22N4O3S/c1-13-14(12-19-20(13)2)11-18-17(22)15-5-3-4-6-16(15)21-7-9-25(23,24)10-8-21/h3-6,12H,7-11H2,1-2H3,(H,18,22). The Balaban J connectivity index is 1.74. The highest BCUT2D eigenvalue weighted by atomic mass is 32.2. The van der Waals surface area contributed by atoms with Gasteiger partial charge in [-0.05, 0) is 19.1 Å². The average Bonchev–Trinajstić information content (AvgIpc) is 2.91. The van der Waals surface area contributed by atoms with Crippen molar-refractivity contribution in [1.82, 2.24) is 15.1 Å². The predicted molar refractivity (Wildman–Crippen MR) is 96.4 cm³/mol. The molecule has 1 saturated heterocycles. The quantitative estimate of drug-likeness (QED) is 0.873. The molecule has 1 aromatic carbocycles. The van der Waals surface area contributed by atoms with Gasteiger partial charge in [0.2, 0.25) is 0 Å². The van der Waals surface area contributed by atoms with E-state index < -0.39 is 9.84 Å². The number of rotatable bonds is 4. The van der Waals surface area contributed by atoms with E-state index in [0.29, 0.717) is 25.2 Å². The highest BCUT2D eigenvalue weighted by molar-refractivity contribution is 7.91. The highest BCUT2D eigenvalue weighted by Gasteiger charge is 2.24. The van der Waals surface area contributed by atoms with Gasteiger partial charge in [-0.3, -0.25) is 9.48 Å². The smallest absolute Gasteiger partial charge is 0.253 e. The summed E-state index contributed by atoms with van der Waals surface area (Å²) >= 11 is 0. The largest absolute Gasteiger partial charge is 0.369 e. The van der Waals surface area contributed by atoms with Crippen LogP contribution in [0.4, 0.5) is 5.69 Å². The lowest BCUT2D eigenvalue weighted by Gasteiger charge is -2.30. The van der Waals surface area contributed by atoms with Gasteiger partial charge in [0.25, 0.3) is 5.91 Å². The number of hydrogen-bond donors (Lipinski definition) is 1. The van der Waals surface area contributed by atoms with E-state index in [1.807, 2.05) is 37.1 Å². The van der Waals surface area contributed by atoms with Crippen molar-refractivity contribution in [3.05, 3.63) is 47.3 Å². The molecule has 0 unspecified atom stereocenters. The van der Waals surface area contributed by atoms with Crippen molar-refractivity contribution in [3.8, 4) is 0 Å². The Labute approximate surface area is 147 Å². The first-order valence-electron chi connectivity index (χ1n) is 8.17. The number of nitrogens with one attached hydrogen (secondary N) is 1. The molecule has 2 aromatic rings. The number of amides is 1. The third-order valence-corrected chi connectivity index (χ3v) is 6.22. The van der Waals surface area contributed by atoms with Crippen LogP contribution in [0.2, 0.25) is 0 Å². The summed E-state index contributed by atoms with van der Waals surface area (Å²) in [6.07, 6.45) is 1.75. The molecular formula is C17H22N4O3S. The van der Waals surface area contributed by atoms with Crippen molar-refractivity contribution in [2.45, 2.75) is 13.5 Å². The molecule has 2 heterocycles. The fourth-order valence-electron chi connectivity index (χ4n) is 2.88. The molecule has 0 spiro atoms. The van der Waals surface area contributed by atoms with Crippen molar-refractivity contribution in [1.29, 1.82) is 0 Å². The van der Waals surface area contributed by atoms with Gasteiger partial charge in [0.15, 0.2) is 9.84 Å². The maximum atomic E-state index is 12.6. The topological polar surface area (TPSA) is 84.3 Å². The van der Waals surface area contributed by atoms with Crippen LogP contribution in [-0.4, -0.2) is 48.7 Å². The van der Waals surface area contributed by atoms with Crippen LogP contribution in [0.25, 0.3) is 0 Å². The van der Waals surface area contributed by atoms with Gasteiger partial charge in [0.05, 0.1) is 23.3 Å². The molecule has 1 aliphatic rings. The number of sulfone groups is 1. The van der Waals surface area contributed by atoms with E-state index in [9.17, 15) is 13.2 Å². The van der Waals surface area contributed by atoms with Gasteiger partial charge >= 0.3 is 0 Å². The van der Waals surface area contributed by atoms with Crippen LogP contribution < -0.4 is 10.2 Å². The minimum absolute atomic E-state index is 0.123. The summed E-state index contributed by atoms with van der Waals surface area (Å²) in [5, 5.41) is 7.10. The van der Waals surface area contributed by atoms with Crippen LogP contribution in [0.1, 0.15) is 21.6 Å². The van der Waals surface area contributed by atoms with E-state index in [0.717, 1.165) is 16.9 Å². The van der Waals surface area contributed by atoms with Crippen molar-refractivity contribution in [3.63, 3.8) is 0 Å². The molecule has 1 N–H and O–H groups in total. The molecule has 8 heteroatoms. The Bertz CT molecular complexity index is 875. The monoisotopic (exact) mass is 362 g/mol. The molecular weight excluding hydrogens is 340 g/mol. The molecule has 1 fully saturated rings.